The summed E-state index contributed by atoms with van der Waals surface area (Å²) in [5.41, 5.74) is 0. The predicted molar refractivity (Wildman–Crippen MR) is 387 cm³/mol. The molecule has 1 rings (SSSR count). The molecule has 0 saturated carbocycles. The van der Waals surface area contributed by atoms with Gasteiger partial charge in [0.25, 0.3) is 0 Å². The molecule has 9 heteroatoms. The lowest BCUT2D eigenvalue weighted by atomic mass is 9.99. The van der Waals surface area contributed by atoms with Crippen LogP contribution in [0.25, 0.3) is 0 Å². The van der Waals surface area contributed by atoms with Gasteiger partial charge in [-0.1, -0.05) is 354 Å². The lowest BCUT2D eigenvalue weighted by molar-refractivity contribution is -0.302. The van der Waals surface area contributed by atoms with E-state index in [1.54, 1.807) is 0 Å². The van der Waals surface area contributed by atoms with Crippen LogP contribution in [0.3, 0.4) is 0 Å². The minimum absolute atomic E-state index is 0.144. The number of carbonyl (C=O) groups is 1. The summed E-state index contributed by atoms with van der Waals surface area (Å²) in [6, 6.07) is -0.731. The Morgan fingerprint density at radius 1 is 0.389 bits per heavy atom. The van der Waals surface area contributed by atoms with Gasteiger partial charge >= 0.3 is 0 Å². The van der Waals surface area contributed by atoms with Gasteiger partial charge in [0.15, 0.2) is 6.29 Å². The maximum absolute atomic E-state index is 13.2. The van der Waals surface area contributed by atoms with E-state index in [0.717, 1.165) is 109 Å². The fourth-order valence-corrected chi connectivity index (χ4v) is 11.5. The molecule has 0 bridgehead atoms. The van der Waals surface area contributed by atoms with Crippen molar-refractivity contribution in [2.75, 3.05) is 13.2 Å². The van der Waals surface area contributed by atoms with Gasteiger partial charge in [-0.05, 0) is 89.9 Å². The second-order valence-electron chi connectivity index (χ2n) is 25.7. The van der Waals surface area contributed by atoms with E-state index in [2.05, 4.69) is 141 Å². The summed E-state index contributed by atoms with van der Waals surface area (Å²) in [5, 5.41) is 55.0. The minimum atomic E-state index is -1.56. The van der Waals surface area contributed by atoms with Gasteiger partial charge in [0.1, 0.15) is 24.4 Å². The summed E-state index contributed by atoms with van der Waals surface area (Å²) in [6.07, 6.45) is 95.6. The van der Waals surface area contributed by atoms with E-state index >= 15 is 0 Å². The summed E-state index contributed by atoms with van der Waals surface area (Å²) in [6.45, 7) is 3.75. The maximum Gasteiger partial charge on any atom is 0.220 e. The van der Waals surface area contributed by atoms with Crippen LogP contribution in [0.5, 0.6) is 0 Å². The lowest BCUT2D eigenvalue weighted by Crippen LogP contribution is -2.60. The fourth-order valence-electron chi connectivity index (χ4n) is 11.5. The normalized spacial score (nSPS) is 18.5. The van der Waals surface area contributed by atoms with Crippen LogP contribution in [0.1, 0.15) is 328 Å². The van der Waals surface area contributed by atoms with Gasteiger partial charge in [-0.15, -0.1) is 0 Å². The van der Waals surface area contributed by atoms with Crippen LogP contribution in [-0.2, 0) is 14.3 Å². The zero-order valence-electron chi connectivity index (χ0n) is 58.1. The second kappa shape index (κ2) is 68.4. The van der Waals surface area contributed by atoms with Gasteiger partial charge in [0, 0.05) is 6.42 Å². The average molecular weight is 1260 g/mol. The molecule has 90 heavy (non-hydrogen) atoms. The molecule has 7 atom stereocenters. The number of hydrogen-bond acceptors (Lipinski definition) is 8. The van der Waals surface area contributed by atoms with Crippen molar-refractivity contribution >= 4 is 5.91 Å². The Kier molecular flexibility index (Phi) is 64.3. The topological polar surface area (TPSA) is 149 Å². The van der Waals surface area contributed by atoms with Gasteiger partial charge < -0.3 is 40.3 Å². The van der Waals surface area contributed by atoms with Crippen molar-refractivity contribution < 1.29 is 39.8 Å². The van der Waals surface area contributed by atoms with Crippen LogP contribution < -0.4 is 5.32 Å². The van der Waals surface area contributed by atoms with Crippen molar-refractivity contribution in [3.05, 3.63) is 122 Å². The number of aliphatic hydroxyl groups excluding tert-OH is 5. The van der Waals surface area contributed by atoms with E-state index in [1.807, 2.05) is 0 Å². The Morgan fingerprint density at radius 2 is 0.689 bits per heavy atom. The molecule has 1 aliphatic rings. The molecule has 0 aromatic heterocycles. The highest BCUT2D eigenvalue weighted by molar-refractivity contribution is 5.76. The summed E-state index contributed by atoms with van der Waals surface area (Å²) < 4.78 is 11.4. The zero-order valence-corrected chi connectivity index (χ0v) is 58.1. The monoisotopic (exact) mass is 1260 g/mol. The molecule has 1 fully saturated rings. The molecule has 9 nitrogen and oxygen atoms in total. The number of carbonyl (C=O) groups excluding carboxylic acids is 1. The number of aliphatic hydroxyl groups is 5. The van der Waals surface area contributed by atoms with Crippen molar-refractivity contribution in [1.82, 2.24) is 5.32 Å². The van der Waals surface area contributed by atoms with Crippen molar-refractivity contribution in [1.29, 1.82) is 0 Å². The number of hydrogen-bond donors (Lipinski definition) is 6. The van der Waals surface area contributed by atoms with E-state index in [9.17, 15) is 30.3 Å². The fraction of sp³-hybridized carbons (Fsp3) is 0.741. The van der Waals surface area contributed by atoms with E-state index in [4.69, 9.17) is 9.47 Å². The molecular formula is C81H141NO8. The van der Waals surface area contributed by atoms with Crippen LogP contribution in [0.4, 0.5) is 0 Å². The van der Waals surface area contributed by atoms with Crippen LogP contribution in [-0.4, -0.2) is 87.5 Å². The quantitative estimate of drug-likeness (QED) is 0.0261. The van der Waals surface area contributed by atoms with Crippen LogP contribution in [0, 0.1) is 0 Å². The van der Waals surface area contributed by atoms with Gasteiger partial charge in [0.05, 0.1) is 25.4 Å². The Bertz CT molecular complexity index is 1840. The van der Waals surface area contributed by atoms with E-state index in [1.165, 1.54) is 193 Å². The number of rotatable bonds is 65. The molecule has 1 aliphatic heterocycles. The van der Waals surface area contributed by atoms with Crippen molar-refractivity contribution in [3.8, 4) is 0 Å². The molecule has 0 aromatic rings. The molecule has 1 saturated heterocycles. The van der Waals surface area contributed by atoms with E-state index in [0.29, 0.717) is 12.8 Å². The number of unbranched alkanes of at least 4 members (excludes halogenated alkanes) is 35. The highest BCUT2D eigenvalue weighted by Gasteiger charge is 2.44. The SMILES string of the molecule is CC/C=C\C/C=C\C/C=C\C/C=C\C/C=C\C/C=C\C/C=C\C/C=C\C/C=C\C/C=C\CCCCCCCCCCCCC(=O)NC(COC1OC(CO)C(O)C(O)C1O)C(O)CCCCCCCCCCCCCCCCCCCCCCCCCCCC. The molecule has 0 aromatic carbocycles. The van der Waals surface area contributed by atoms with E-state index < -0.39 is 49.5 Å². The van der Waals surface area contributed by atoms with Gasteiger partial charge in [-0.2, -0.15) is 0 Å². The number of ether oxygens (including phenoxy) is 2. The molecule has 0 radical (unpaired) electrons. The second-order valence-corrected chi connectivity index (χ2v) is 25.7. The third kappa shape index (κ3) is 56.2. The molecule has 7 unspecified atom stereocenters. The molecule has 0 spiro atoms. The highest BCUT2D eigenvalue weighted by Crippen LogP contribution is 2.24. The summed E-state index contributed by atoms with van der Waals surface area (Å²) in [5.74, 6) is -0.149. The predicted octanol–water partition coefficient (Wildman–Crippen LogP) is 21.4. The summed E-state index contributed by atoms with van der Waals surface area (Å²) in [7, 11) is 0. The molecule has 518 valence electrons. The van der Waals surface area contributed by atoms with Crippen LogP contribution in [0.15, 0.2) is 122 Å². The van der Waals surface area contributed by atoms with Crippen LogP contribution in [0.2, 0.25) is 0 Å². The maximum atomic E-state index is 13.2. The first-order valence-corrected chi connectivity index (χ1v) is 37.7. The van der Waals surface area contributed by atoms with Crippen LogP contribution >= 0.6 is 0 Å². The Labute approximate surface area is 554 Å². The molecule has 1 heterocycles. The van der Waals surface area contributed by atoms with Crippen molar-refractivity contribution in [3.63, 3.8) is 0 Å². The first-order valence-electron chi connectivity index (χ1n) is 37.7. The Balaban J connectivity index is 2.11. The molecule has 0 aliphatic carbocycles. The highest BCUT2D eigenvalue weighted by atomic mass is 16.7. The lowest BCUT2D eigenvalue weighted by Gasteiger charge is -2.40. The number of amides is 1. The molecular weight excluding hydrogens is 1110 g/mol. The van der Waals surface area contributed by atoms with Crippen molar-refractivity contribution in [2.24, 2.45) is 0 Å². The first-order chi connectivity index (χ1) is 44.3. The Hall–Kier alpha value is -3.41. The number of allylic oxidation sites excluding steroid dienone is 20. The van der Waals surface area contributed by atoms with Crippen molar-refractivity contribution in [2.45, 2.75) is 371 Å². The summed E-state index contributed by atoms with van der Waals surface area (Å²) in [4.78, 5) is 13.2. The van der Waals surface area contributed by atoms with E-state index in [-0.39, 0.29) is 12.5 Å². The van der Waals surface area contributed by atoms with Gasteiger partial charge in [-0.3, -0.25) is 4.79 Å². The zero-order chi connectivity index (χ0) is 64.9. The first kappa shape index (κ1) is 84.6. The summed E-state index contributed by atoms with van der Waals surface area (Å²) >= 11 is 0. The third-order valence-corrected chi connectivity index (χ3v) is 17.3. The van der Waals surface area contributed by atoms with Gasteiger partial charge in [-0.25, -0.2) is 0 Å². The minimum Gasteiger partial charge on any atom is -0.394 e. The Morgan fingerprint density at radius 3 is 1.02 bits per heavy atom. The third-order valence-electron chi connectivity index (χ3n) is 17.3. The average Bonchev–Trinajstić information content (AvgIpc) is 1.28. The molecule has 1 amide bonds. The smallest absolute Gasteiger partial charge is 0.220 e. The molecule has 6 N–H and O–H groups in total. The largest absolute Gasteiger partial charge is 0.394 e. The van der Waals surface area contributed by atoms with Gasteiger partial charge in [0.2, 0.25) is 5.91 Å². The standard InChI is InChI=1S/C81H141NO8/c1-3-5-7-9-11-13-15-17-19-21-23-25-27-29-31-32-33-34-35-36-37-38-39-40-41-42-43-44-45-47-49-51-53-55-57-59-61-63-65-67-69-71-77(85)82-74(73-89-81-80(88)79(87)78(86)76(72-83)90-81)75(84)70-68-66-64-62-60-58-56-54-52-50-48-46-30-28-26-24-22-20-18-16-14-12-10-8-6-4-2/h5,7,11,13,17,19,23,25,29,31,33-34,36-37,39-40,42-43,45,47,74-76,78-81,83-84,86-88H,3-4,6,8-10,12,14-16,18,20-22,24,26-28,30,32,35,38,41,44,46,48-73H2,1-2H3,(H,82,85)/b7-5-,13-11-,19-17-,25-23-,31-29-,34-33-,37-36-,40-39-,43-42-,47-45-. The number of nitrogens with one attached hydrogen (secondary N) is 1.